The standard InChI is InChI=1S/C9H7BrF3NO/c10-7-3-5(14)1-2-6(7)8(15)4-9(11,12)13/h1-3H,4,14H2. The van der Waals surface area contributed by atoms with Crippen LogP contribution in [0.15, 0.2) is 22.7 Å². The van der Waals surface area contributed by atoms with Crippen molar-refractivity contribution in [3.8, 4) is 0 Å². The molecule has 0 unspecified atom stereocenters. The number of carbonyl (C=O) groups excluding carboxylic acids is 1. The third kappa shape index (κ3) is 3.54. The number of nitrogen functional groups attached to an aromatic ring is 1. The first-order valence-electron chi connectivity index (χ1n) is 3.94. The van der Waals surface area contributed by atoms with Crippen molar-refractivity contribution in [1.82, 2.24) is 0 Å². The lowest BCUT2D eigenvalue weighted by molar-refractivity contribution is -0.125. The third-order valence-corrected chi connectivity index (χ3v) is 2.31. The van der Waals surface area contributed by atoms with E-state index in [-0.39, 0.29) is 10.0 Å². The molecule has 82 valence electrons. The second kappa shape index (κ2) is 4.22. The van der Waals surface area contributed by atoms with E-state index in [0.29, 0.717) is 5.69 Å². The van der Waals surface area contributed by atoms with Crippen LogP contribution < -0.4 is 5.73 Å². The highest BCUT2D eigenvalue weighted by Gasteiger charge is 2.32. The zero-order valence-electron chi connectivity index (χ0n) is 7.44. The number of halogens is 4. The van der Waals surface area contributed by atoms with E-state index >= 15 is 0 Å². The van der Waals surface area contributed by atoms with Gasteiger partial charge in [0.25, 0.3) is 0 Å². The molecule has 0 saturated carbocycles. The molecule has 2 N–H and O–H groups in total. The van der Waals surface area contributed by atoms with Crippen LogP contribution in [-0.4, -0.2) is 12.0 Å². The summed E-state index contributed by atoms with van der Waals surface area (Å²) in [7, 11) is 0. The molecule has 0 spiro atoms. The number of carbonyl (C=O) groups is 1. The number of ketones is 1. The van der Waals surface area contributed by atoms with Gasteiger partial charge in [0.1, 0.15) is 6.42 Å². The Morgan fingerprint density at radius 1 is 1.40 bits per heavy atom. The number of benzene rings is 1. The number of anilines is 1. The molecule has 6 heteroatoms. The molecule has 0 saturated heterocycles. The summed E-state index contributed by atoms with van der Waals surface area (Å²) in [5, 5.41) is 0. The molecule has 0 aliphatic heterocycles. The van der Waals surface area contributed by atoms with Gasteiger partial charge in [-0.25, -0.2) is 0 Å². The topological polar surface area (TPSA) is 43.1 Å². The fourth-order valence-electron chi connectivity index (χ4n) is 1.03. The Hall–Kier alpha value is -1.04. The third-order valence-electron chi connectivity index (χ3n) is 1.65. The molecule has 1 rings (SSSR count). The minimum Gasteiger partial charge on any atom is -0.399 e. The number of alkyl halides is 3. The van der Waals surface area contributed by atoms with Crippen molar-refractivity contribution in [3.05, 3.63) is 28.2 Å². The molecule has 0 aromatic heterocycles. The fraction of sp³-hybridized carbons (Fsp3) is 0.222. The predicted molar refractivity (Wildman–Crippen MR) is 53.6 cm³/mol. The predicted octanol–water partition coefficient (Wildman–Crippen LogP) is 3.17. The second-order valence-corrected chi connectivity index (χ2v) is 3.81. The SMILES string of the molecule is Nc1ccc(C(=O)CC(F)(F)F)c(Br)c1. The fourth-order valence-corrected chi connectivity index (χ4v) is 1.65. The van der Waals surface area contributed by atoms with Crippen molar-refractivity contribution in [3.63, 3.8) is 0 Å². The molecule has 1 aromatic carbocycles. The van der Waals surface area contributed by atoms with E-state index < -0.39 is 18.4 Å². The minimum absolute atomic E-state index is 0.0125. The van der Waals surface area contributed by atoms with Gasteiger partial charge in [-0.1, -0.05) is 0 Å². The first-order valence-corrected chi connectivity index (χ1v) is 4.74. The van der Waals surface area contributed by atoms with E-state index in [1.807, 2.05) is 0 Å². The molecule has 2 nitrogen and oxygen atoms in total. The monoisotopic (exact) mass is 281 g/mol. The summed E-state index contributed by atoms with van der Waals surface area (Å²) < 4.78 is 36.1. The van der Waals surface area contributed by atoms with E-state index in [1.54, 1.807) is 0 Å². The van der Waals surface area contributed by atoms with Crippen molar-refractivity contribution < 1.29 is 18.0 Å². The summed E-state index contributed by atoms with van der Waals surface area (Å²) in [4.78, 5) is 11.2. The van der Waals surface area contributed by atoms with Gasteiger partial charge in [0.05, 0.1) is 0 Å². The molecular formula is C9H7BrF3NO. The van der Waals surface area contributed by atoms with Gasteiger partial charge in [0.2, 0.25) is 0 Å². The molecule has 0 amide bonds. The Balaban J connectivity index is 2.92. The van der Waals surface area contributed by atoms with Crippen molar-refractivity contribution in [2.45, 2.75) is 12.6 Å². The van der Waals surface area contributed by atoms with E-state index in [2.05, 4.69) is 15.9 Å². The number of rotatable bonds is 2. The molecule has 0 atom stereocenters. The van der Waals surface area contributed by atoms with Crippen LogP contribution in [0.4, 0.5) is 18.9 Å². The van der Waals surface area contributed by atoms with Crippen LogP contribution >= 0.6 is 15.9 Å². The average molecular weight is 282 g/mol. The Morgan fingerprint density at radius 2 is 2.00 bits per heavy atom. The molecule has 0 aliphatic carbocycles. The van der Waals surface area contributed by atoms with Gasteiger partial charge in [-0.3, -0.25) is 4.79 Å². The molecule has 15 heavy (non-hydrogen) atoms. The summed E-state index contributed by atoms with van der Waals surface area (Å²) in [5.74, 6) is -0.977. The van der Waals surface area contributed by atoms with Crippen molar-refractivity contribution >= 4 is 27.4 Å². The maximum absolute atomic E-state index is 11.9. The van der Waals surface area contributed by atoms with E-state index in [4.69, 9.17) is 5.73 Å². The normalized spacial score (nSPS) is 11.5. The summed E-state index contributed by atoms with van der Waals surface area (Å²) in [5.41, 5.74) is 5.76. The van der Waals surface area contributed by atoms with Crippen LogP contribution in [0.3, 0.4) is 0 Å². The lowest BCUT2D eigenvalue weighted by Gasteiger charge is -2.07. The van der Waals surface area contributed by atoms with Gasteiger partial charge in [0.15, 0.2) is 5.78 Å². The molecular weight excluding hydrogens is 275 g/mol. The lowest BCUT2D eigenvalue weighted by Crippen LogP contribution is -2.15. The van der Waals surface area contributed by atoms with Crippen LogP contribution in [0.25, 0.3) is 0 Å². The highest BCUT2D eigenvalue weighted by atomic mass is 79.9. The highest BCUT2D eigenvalue weighted by Crippen LogP contribution is 2.26. The number of Topliss-reactive ketones (excluding diaryl/α,β-unsaturated/α-hetero) is 1. The maximum atomic E-state index is 11.9. The van der Waals surface area contributed by atoms with Crippen molar-refractivity contribution in [1.29, 1.82) is 0 Å². The zero-order chi connectivity index (χ0) is 11.6. The summed E-state index contributed by atoms with van der Waals surface area (Å²) >= 11 is 2.99. The molecule has 1 aromatic rings. The van der Waals surface area contributed by atoms with Gasteiger partial charge in [-0.15, -0.1) is 0 Å². The Labute approximate surface area is 92.4 Å². The van der Waals surface area contributed by atoms with E-state index in [9.17, 15) is 18.0 Å². The minimum atomic E-state index is -4.49. The molecule has 0 heterocycles. The zero-order valence-corrected chi connectivity index (χ0v) is 9.02. The van der Waals surface area contributed by atoms with Crippen molar-refractivity contribution in [2.24, 2.45) is 0 Å². The highest BCUT2D eigenvalue weighted by molar-refractivity contribution is 9.10. The summed E-state index contributed by atoms with van der Waals surface area (Å²) in [6, 6.07) is 4.05. The Morgan fingerprint density at radius 3 is 2.47 bits per heavy atom. The smallest absolute Gasteiger partial charge is 0.396 e. The van der Waals surface area contributed by atoms with Gasteiger partial charge in [-0.05, 0) is 34.1 Å². The van der Waals surface area contributed by atoms with Gasteiger partial charge < -0.3 is 5.73 Å². The van der Waals surface area contributed by atoms with Gasteiger partial charge in [-0.2, -0.15) is 13.2 Å². The van der Waals surface area contributed by atoms with Crippen LogP contribution in [0, 0.1) is 0 Å². The first kappa shape index (κ1) is 12.0. The Bertz CT molecular complexity index is 389. The van der Waals surface area contributed by atoms with Gasteiger partial charge >= 0.3 is 6.18 Å². The number of hydrogen-bond donors (Lipinski definition) is 1. The first-order chi connectivity index (χ1) is 6.79. The molecule has 0 fully saturated rings. The maximum Gasteiger partial charge on any atom is 0.396 e. The molecule has 0 radical (unpaired) electrons. The van der Waals surface area contributed by atoms with Crippen LogP contribution in [0.2, 0.25) is 0 Å². The number of nitrogens with two attached hydrogens (primary N) is 1. The lowest BCUT2D eigenvalue weighted by atomic mass is 10.1. The summed E-state index contributed by atoms with van der Waals surface area (Å²) in [6.45, 7) is 0. The van der Waals surface area contributed by atoms with Crippen LogP contribution in [0.5, 0.6) is 0 Å². The molecule has 0 aliphatic rings. The van der Waals surface area contributed by atoms with Crippen LogP contribution in [-0.2, 0) is 0 Å². The quantitative estimate of drug-likeness (QED) is 0.668. The van der Waals surface area contributed by atoms with Gasteiger partial charge in [0, 0.05) is 15.7 Å². The Kier molecular flexibility index (Phi) is 3.38. The average Bonchev–Trinajstić information content (AvgIpc) is 1.99. The van der Waals surface area contributed by atoms with Crippen molar-refractivity contribution in [2.75, 3.05) is 5.73 Å². The largest absolute Gasteiger partial charge is 0.399 e. The van der Waals surface area contributed by atoms with Crippen LogP contribution in [0.1, 0.15) is 16.8 Å². The molecule has 0 bridgehead atoms. The van der Waals surface area contributed by atoms with E-state index in [0.717, 1.165) is 0 Å². The second-order valence-electron chi connectivity index (χ2n) is 2.95. The van der Waals surface area contributed by atoms with E-state index in [1.165, 1.54) is 18.2 Å². The summed E-state index contributed by atoms with van der Waals surface area (Å²) in [6.07, 6.45) is -5.95. The number of hydrogen-bond acceptors (Lipinski definition) is 2.